The molecule has 2 aromatic carbocycles. The third-order valence-corrected chi connectivity index (χ3v) is 3.85. The van der Waals surface area contributed by atoms with Crippen molar-refractivity contribution in [3.63, 3.8) is 0 Å². The van der Waals surface area contributed by atoms with Crippen molar-refractivity contribution in [1.82, 2.24) is 9.97 Å². The lowest BCUT2D eigenvalue weighted by Gasteiger charge is -2.10. The molecular formula is C20H16F3N3O2. The lowest BCUT2D eigenvalue weighted by Crippen LogP contribution is -2.14. The molecule has 0 saturated heterocycles. The summed E-state index contributed by atoms with van der Waals surface area (Å²) in [7, 11) is 0. The summed E-state index contributed by atoms with van der Waals surface area (Å²) in [5.41, 5.74) is 0.855. The molecule has 0 spiro atoms. The predicted molar refractivity (Wildman–Crippen MR) is 97.3 cm³/mol. The second kappa shape index (κ2) is 8.08. The number of nitrogens with one attached hydrogen (secondary N) is 1. The van der Waals surface area contributed by atoms with Crippen LogP contribution < -0.4 is 10.1 Å². The van der Waals surface area contributed by atoms with Gasteiger partial charge in [-0.1, -0.05) is 25.1 Å². The van der Waals surface area contributed by atoms with Gasteiger partial charge in [-0.05, 0) is 42.3 Å². The number of benzene rings is 2. The number of hydrogen-bond donors (Lipinski definition) is 1. The molecule has 8 heteroatoms. The standard InChI is InChI=1S/C20H16F3N3O2/c1-2-13-6-8-15(9-7-13)25-19(27)17-11-24-12-18(26-17)28-16-5-3-4-14(10-16)20(21,22)23/h3-12H,2H2,1H3,(H,25,27). The van der Waals surface area contributed by atoms with Crippen LogP contribution in [0.15, 0.2) is 60.9 Å². The second-order valence-corrected chi connectivity index (χ2v) is 5.87. The number of alkyl halides is 3. The molecule has 0 saturated carbocycles. The van der Waals surface area contributed by atoms with E-state index in [9.17, 15) is 18.0 Å². The summed E-state index contributed by atoms with van der Waals surface area (Å²) < 4.78 is 43.7. The minimum absolute atomic E-state index is 0.0240. The molecule has 0 bridgehead atoms. The van der Waals surface area contributed by atoms with Gasteiger partial charge in [0.25, 0.3) is 5.91 Å². The molecule has 0 aliphatic carbocycles. The minimum Gasteiger partial charge on any atom is -0.437 e. The first-order chi connectivity index (χ1) is 13.3. The number of hydrogen-bond acceptors (Lipinski definition) is 4. The molecule has 1 N–H and O–H groups in total. The van der Waals surface area contributed by atoms with Gasteiger partial charge in [-0.2, -0.15) is 13.2 Å². The van der Waals surface area contributed by atoms with E-state index in [1.165, 1.54) is 24.5 Å². The number of carbonyl (C=O) groups is 1. The highest BCUT2D eigenvalue weighted by atomic mass is 19.4. The summed E-state index contributed by atoms with van der Waals surface area (Å²) in [6.45, 7) is 2.03. The lowest BCUT2D eigenvalue weighted by molar-refractivity contribution is -0.137. The van der Waals surface area contributed by atoms with Crippen LogP contribution in [0.5, 0.6) is 11.6 Å². The van der Waals surface area contributed by atoms with E-state index < -0.39 is 17.6 Å². The van der Waals surface area contributed by atoms with E-state index >= 15 is 0 Å². The van der Waals surface area contributed by atoms with Crippen LogP contribution in [0.1, 0.15) is 28.5 Å². The summed E-state index contributed by atoms with van der Waals surface area (Å²) in [6, 6.07) is 11.7. The Bertz CT molecular complexity index is 973. The number of aromatic nitrogens is 2. The van der Waals surface area contributed by atoms with Crippen LogP contribution in [0, 0.1) is 0 Å². The molecule has 0 aliphatic heterocycles. The van der Waals surface area contributed by atoms with Gasteiger partial charge in [-0.3, -0.25) is 9.78 Å². The molecule has 0 unspecified atom stereocenters. The van der Waals surface area contributed by atoms with Crippen LogP contribution in [0.3, 0.4) is 0 Å². The molecule has 0 atom stereocenters. The number of anilines is 1. The molecular weight excluding hydrogens is 371 g/mol. The topological polar surface area (TPSA) is 64.1 Å². The molecule has 28 heavy (non-hydrogen) atoms. The smallest absolute Gasteiger partial charge is 0.416 e. The van der Waals surface area contributed by atoms with Gasteiger partial charge in [0.15, 0.2) is 5.69 Å². The third kappa shape index (κ3) is 4.85. The molecule has 0 radical (unpaired) electrons. The first kappa shape index (κ1) is 19.3. The number of carbonyl (C=O) groups excluding carboxylic acids is 1. The summed E-state index contributed by atoms with van der Waals surface area (Å²) >= 11 is 0. The van der Waals surface area contributed by atoms with Crippen molar-refractivity contribution in [2.24, 2.45) is 0 Å². The van der Waals surface area contributed by atoms with Crippen LogP contribution >= 0.6 is 0 Å². The zero-order valence-electron chi connectivity index (χ0n) is 14.8. The quantitative estimate of drug-likeness (QED) is 0.661. The number of amides is 1. The van der Waals surface area contributed by atoms with E-state index in [0.717, 1.165) is 24.1 Å². The Morgan fingerprint density at radius 1 is 1.11 bits per heavy atom. The summed E-state index contributed by atoms with van der Waals surface area (Å²) in [5, 5.41) is 2.68. The van der Waals surface area contributed by atoms with E-state index in [4.69, 9.17) is 4.74 Å². The van der Waals surface area contributed by atoms with E-state index in [2.05, 4.69) is 15.3 Å². The van der Waals surface area contributed by atoms with E-state index in [0.29, 0.717) is 5.69 Å². The Hall–Kier alpha value is -3.42. The molecule has 1 heterocycles. The van der Waals surface area contributed by atoms with E-state index in [1.807, 2.05) is 19.1 Å². The van der Waals surface area contributed by atoms with Crippen molar-refractivity contribution < 1.29 is 22.7 Å². The number of halogens is 3. The van der Waals surface area contributed by atoms with E-state index in [-0.39, 0.29) is 17.3 Å². The highest BCUT2D eigenvalue weighted by molar-refractivity contribution is 6.02. The van der Waals surface area contributed by atoms with Crippen LogP contribution in [-0.2, 0) is 12.6 Å². The van der Waals surface area contributed by atoms with Gasteiger partial charge in [0.2, 0.25) is 5.88 Å². The maximum absolute atomic E-state index is 12.8. The summed E-state index contributed by atoms with van der Waals surface area (Å²) in [4.78, 5) is 20.2. The Labute approximate surface area is 159 Å². The van der Waals surface area contributed by atoms with Crippen LogP contribution in [0.25, 0.3) is 0 Å². The van der Waals surface area contributed by atoms with Gasteiger partial charge in [0, 0.05) is 5.69 Å². The van der Waals surface area contributed by atoms with Crippen molar-refractivity contribution in [2.75, 3.05) is 5.32 Å². The Balaban J connectivity index is 1.74. The highest BCUT2D eigenvalue weighted by Gasteiger charge is 2.30. The van der Waals surface area contributed by atoms with Gasteiger partial charge in [-0.15, -0.1) is 0 Å². The average molecular weight is 387 g/mol. The van der Waals surface area contributed by atoms with Gasteiger partial charge in [0.1, 0.15) is 5.75 Å². The largest absolute Gasteiger partial charge is 0.437 e. The monoisotopic (exact) mass is 387 g/mol. The van der Waals surface area contributed by atoms with Crippen molar-refractivity contribution in [2.45, 2.75) is 19.5 Å². The Morgan fingerprint density at radius 2 is 1.86 bits per heavy atom. The van der Waals surface area contributed by atoms with Crippen LogP contribution in [0.4, 0.5) is 18.9 Å². The maximum atomic E-state index is 12.8. The second-order valence-electron chi connectivity index (χ2n) is 5.87. The lowest BCUT2D eigenvalue weighted by atomic mass is 10.1. The first-order valence-electron chi connectivity index (χ1n) is 8.42. The maximum Gasteiger partial charge on any atom is 0.416 e. The summed E-state index contributed by atoms with van der Waals surface area (Å²) in [5.74, 6) is -0.656. The van der Waals surface area contributed by atoms with E-state index in [1.54, 1.807) is 12.1 Å². The molecule has 1 aromatic heterocycles. The fourth-order valence-corrected chi connectivity index (χ4v) is 2.38. The number of ether oxygens (including phenoxy) is 1. The summed E-state index contributed by atoms with van der Waals surface area (Å²) in [6.07, 6.45) is -1.14. The number of rotatable bonds is 5. The minimum atomic E-state index is -4.49. The molecule has 144 valence electrons. The van der Waals surface area contributed by atoms with Gasteiger partial charge in [0.05, 0.1) is 18.0 Å². The normalized spacial score (nSPS) is 11.1. The SMILES string of the molecule is CCc1ccc(NC(=O)c2cncc(Oc3cccc(C(F)(F)F)c3)n2)cc1. The zero-order chi connectivity index (χ0) is 20.1. The van der Waals surface area contributed by atoms with Gasteiger partial charge < -0.3 is 10.1 Å². The molecule has 1 amide bonds. The van der Waals surface area contributed by atoms with Gasteiger partial charge in [-0.25, -0.2) is 4.98 Å². The van der Waals surface area contributed by atoms with Crippen molar-refractivity contribution >= 4 is 11.6 Å². The first-order valence-corrected chi connectivity index (χ1v) is 8.42. The zero-order valence-corrected chi connectivity index (χ0v) is 14.8. The Kier molecular flexibility index (Phi) is 5.58. The molecule has 5 nitrogen and oxygen atoms in total. The number of aryl methyl sites for hydroxylation is 1. The van der Waals surface area contributed by atoms with Crippen molar-refractivity contribution in [3.8, 4) is 11.6 Å². The number of nitrogens with zero attached hydrogens (tertiary/aromatic N) is 2. The molecule has 0 aliphatic rings. The molecule has 0 fully saturated rings. The highest BCUT2D eigenvalue weighted by Crippen LogP contribution is 2.32. The van der Waals surface area contributed by atoms with Crippen LogP contribution in [0.2, 0.25) is 0 Å². The fraction of sp³-hybridized carbons (Fsp3) is 0.150. The predicted octanol–water partition coefficient (Wildman–Crippen LogP) is 5.10. The van der Waals surface area contributed by atoms with Crippen LogP contribution in [-0.4, -0.2) is 15.9 Å². The molecule has 3 aromatic rings. The Morgan fingerprint density at radius 3 is 2.54 bits per heavy atom. The average Bonchev–Trinajstić information content (AvgIpc) is 2.68. The van der Waals surface area contributed by atoms with Crippen molar-refractivity contribution in [1.29, 1.82) is 0 Å². The third-order valence-electron chi connectivity index (χ3n) is 3.85. The molecule has 3 rings (SSSR count). The van der Waals surface area contributed by atoms with Gasteiger partial charge >= 0.3 is 6.18 Å². The van der Waals surface area contributed by atoms with Crippen molar-refractivity contribution in [3.05, 3.63) is 77.7 Å². The fourth-order valence-electron chi connectivity index (χ4n) is 2.38.